The Morgan fingerprint density at radius 1 is 1.28 bits per heavy atom. The first-order chi connectivity index (χ1) is 11.9. The molecule has 1 aromatic carbocycles. The molecular formula is C16H19N3O5S. The molecule has 0 aliphatic carbocycles. The van der Waals surface area contributed by atoms with Crippen LogP contribution in [0.1, 0.15) is 29.0 Å². The molecule has 1 fully saturated rings. The van der Waals surface area contributed by atoms with E-state index in [0.717, 1.165) is 12.8 Å². The summed E-state index contributed by atoms with van der Waals surface area (Å²) in [5.74, 6) is 0.548. The molecule has 1 aromatic heterocycles. The van der Waals surface area contributed by atoms with Gasteiger partial charge in [-0.05, 0) is 38.0 Å². The summed E-state index contributed by atoms with van der Waals surface area (Å²) < 4.78 is 36.9. The van der Waals surface area contributed by atoms with Gasteiger partial charge in [-0.25, -0.2) is 8.42 Å². The van der Waals surface area contributed by atoms with Crippen molar-refractivity contribution in [1.29, 1.82) is 0 Å². The van der Waals surface area contributed by atoms with E-state index in [4.69, 9.17) is 9.26 Å². The van der Waals surface area contributed by atoms with E-state index in [9.17, 15) is 13.2 Å². The topological polar surface area (TPSA) is 102 Å². The summed E-state index contributed by atoms with van der Waals surface area (Å²) in [5, 5.41) is 6.27. The van der Waals surface area contributed by atoms with Crippen molar-refractivity contribution in [2.24, 2.45) is 0 Å². The highest BCUT2D eigenvalue weighted by molar-refractivity contribution is 7.89. The van der Waals surface area contributed by atoms with Crippen molar-refractivity contribution in [1.82, 2.24) is 9.46 Å². The molecule has 0 unspecified atom stereocenters. The highest BCUT2D eigenvalue weighted by Crippen LogP contribution is 2.27. The van der Waals surface area contributed by atoms with Crippen molar-refractivity contribution in [2.45, 2.75) is 24.7 Å². The molecule has 134 valence electrons. The van der Waals surface area contributed by atoms with Gasteiger partial charge in [0.1, 0.15) is 11.5 Å². The van der Waals surface area contributed by atoms with Crippen LogP contribution in [-0.2, 0) is 10.0 Å². The van der Waals surface area contributed by atoms with E-state index in [0.29, 0.717) is 18.8 Å². The van der Waals surface area contributed by atoms with E-state index in [1.54, 1.807) is 13.0 Å². The molecule has 0 radical (unpaired) electrons. The highest BCUT2D eigenvalue weighted by atomic mass is 32.2. The fraction of sp³-hybridized carbons (Fsp3) is 0.375. The first kappa shape index (κ1) is 17.4. The first-order valence-electron chi connectivity index (χ1n) is 7.84. The summed E-state index contributed by atoms with van der Waals surface area (Å²) in [4.78, 5) is 12.6. The molecule has 1 amide bonds. The third-order valence-electron chi connectivity index (χ3n) is 3.99. The second-order valence-electron chi connectivity index (χ2n) is 5.75. The van der Waals surface area contributed by atoms with Gasteiger partial charge in [0.25, 0.3) is 5.91 Å². The second kappa shape index (κ2) is 6.85. The van der Waals surface area contributed by atoms with Crippen LogP contribution in [0.2, 0.25) is 0 Å². The van der Waals surface area contributed by atoms with Crippen LogP contribution in [0.4, 0.5) is 5.82 Å². The zero-order valence-corrected chi connectivity index (χ0v) is 14.8. The van der Waals surface area contributed by atoms with E-state index in [1.807, 2.05) is 0 Å². The number of nitrogens with one attached hydrogen (secondary N) is 1. The summed E-state index contributed by atoms with van der Waals surface area (Å²) in [6, 6.07) is 5.82. The van der Waals surface area contributed by atoms with E-state index in [2.05, 4.69) is 10.5 Å². The Hall–Kier alpha value is -2.39. The van der Waals surface area contributed by atoms with E-state index in [1.165, 1.54) is 29.6 Å². The fourth-order valence-corrected chi connectivity index (χ4v) is 4.26. The monoisotopic (exact) mass is 365 g/mol. The lowest BCUT2D eigenvalue weighted by Crippen LogP contribution is -2.28. The van der Waals surface area contributed by atoms with Crippen LogP contribution in [0.5, 0.6) is 5.75 Å². The van der Waals surface area contributed by atoms with Crippen molar-refractivity contribution in [3.05, 3.63) is 35.6 Å². The number of carbonyl (C=O) groups is 1. The number of benzene rings is 1. The number of ether oxygens (including phenoxy) is 1. The summed E-state index contributed by atoms with van der Waals surface area (Å²) >= 11 is 0. The van der Waals surface area contributed by atoms with E-state index in [-0.39, 0.29) is 22.0 Å². The number of sulfonamides is 1. The van der Waals surface area contributed by atoms with Gasteiger partial charge in [-0.2, -0.15) is 4.31 Å². The molecule has 9 heteroatoms. The number of carbonyl (C=O) groups excluding carboxylic acids is 1. The van der Waals surface area contributed by atoms with Gasteiger partial charge in [-0.1, -0.05) is 5.16 Å². The summed E-state index contributed by atoms with van der Waals surface area (Å²) in [7, 11) is -2.21. The summed E-state index contributed by atoms with van der Waals surface area (Å²) in [5.41, 5.74) is 0.114. The normalized spacial score (nSPS) is 15.3. The number of methoxy groups -OCH3 is 1. The van der Waals surface area contributed by atoms with Gasteiger partial charge in [0.05, 0.1) is 17.6 Å². The second-order valence-corrected chi connectivity index (χ2v) is 7.69. The molecule has 3 rings (SSSR count). The molecular weight excluding hydrogens is 346 g/mol. The molecule has 0 atom stereocenters. The summed E-state index contributed by atoms with van der Waals surface area (Å²) in [6.45, 7) is 2.69. The molecule has 0 saturated carbocycles. The van der Waals surface area contributed by atoms with Crippen LogP contribution in [0, 0.1) is 6.92 Å². The third kappa shape index (κ3) is 3.52. The largest absolute Gasteiger partial charge is 0.496 e. The molecule has 0 bridgehead atoms. The van der Waals surface area contributed by atoms with Gasteiger partial charge < -0.3 is 14.6 Å². The predicted molar refractivity (Wildman–Crippen MR) is 90.2 cm³/mol. The zero-order chi connectivity index (χ0) is 18.0. The molecule has 2 heterocycles. The van der Waals surface area contributed by atoms with E-state index >= 15 is 0 Å². The Morgan fingerprint density at radius 3 is 2.60 bits per heavy atom. The van der Waals surface area contributed by atoms with Crippen molar-refractivity contribution in [3.63, 3.8) is 0 Å². The Labute approximate surface area is 145 Å². The standard InChI is InChI=1S/C16H19N3O5S/c1-11-9-15(18-24-11)17-16(20)13-10-12(5-6-14(13)23-2)25(21,22)19-7-3-4-8-19/h5-6,9-10H,3-4,7-8H2,1-2H3,(H,17,18,20). The molecule has 25 heavy (non-hydrogen) atoms. The quantitative estimate of drug-likeness (QED) is 0.870. The minimum absolute atomic E-state index is 0.0664. The number of amides is 1. The molecule has 2 aromatic rings. The van der Waals surface area contributed by atoms with Gasteiger partial charge in [0.15, 0.2) is 5.82 Å². The number of nitrogens with zero attached hydrogens (tertiary/aromatic N) is 2. The number of rotatable bonds is 5. The number of hydrogen-bond acceptors (Lipinski definition) is 6. The maximum Gasteiger partial charge on any atom is 0.260 e. The van der Waals surface area contributed by atoms with Crippen LogP contribution in [0.25, 0.3) is 0 Å². The number of hydrogen-bond donors (Lipinski definition) is 1. The summed E-state index contributed by atoms with van der Waals surface area (Å²) in [6.07, 6.45) is 1.68. The molecule has 1 aliphatic rings. The highest BCUT2D eigenvalue weighted by Gasteiger charge is 2.28. The van der Waals surface area contributed by atoms with Gasteiger partial charge >= 0.3 is 0 Å². The van der Waals surface area contributed by atoms with Crippen LogP contribution in [-0.4, -0.2) is 44.0 Å². The Bertz CT molecular complexity index is 885. The van der Waals surface area contributed by atoms with Crippen LogP contribution < -0.4 is 10.1 Å². The maximum absolute atomic E-state index is 12.7. The van der Waals surface area contributed by atoms with Crippen LogP contribution >= 0.6 is 0 Å². The molecule has 1 saturated heterocycles. The smallest absolute Gasteiger partial charge is 0.260 e. The molecule has 1 aliphatic heterocycles. The van der Waals surface area contributed by atoms with Gasteiger partial charge in [0, 0.05) is 19.2 Å². The number of aromatic nitrogens is 1. The van der Waals surface area contributed by atoms with Crippen LogP contribution in [0.15, 0.2) is 33.7 Å². The zero-order valence-electron chi connectivity index (χ0n) is 14.0. The average molecular weight is 365 g/mol. The Kier molecular flexibility index (Phi) is 4.78. The SMILES string of the molecule is COc1ccc(S(=O)(=O)N2CCCC2)cc1C(=O)Nc1cc(C)on1. The number of anilines is 1. The number of aryl methyl sites for hydroxylation is 1. The van der Waals surface area contributed by atoms with Crippen LogP contribution in [0.3, 0.4) is 0 Å². The van der Waals surface area contributed by atoms with Crippen molar-refractivity contribution >= 4 is 21.7 Å². The Balaban J connectivity index is 1.93. The van der Waals surface area contributed by atoms with Gasteiger partial charge in [-0.3, -0.25) is 4.79 Å². The fourth-order valence-electron chi connectivity index (χ4n) is 2.71. The first-order valence-corrected chi connectivity index (χ1v) is 9.28. The average Bonchev–Trinajstić information content (AvgIpc) is 3.26. The lowest BCUT2D eigenvalue weighted by Gasteiger charge is -2.17. The van der Waals surface area contributed by atoms with Crippen molar-refractivity contribution in [2.75, 3.05) is 25.5 Å². The minimum atomic E-state index is -3.62. The van der Waals surface area contributed by atoms with Crippen molar-refractivity contribution in [3.8, 4) is 5.75 Å². The van der Waals surface area contributed by atoms with Gasteiger partial charge in [0.2, 0.25) is 10.0 Å². The maximum atomic E-state index is 12.7. The lowest BCUT2D eigenvalue weighted by molar-refractivity contribution is 0.102. The van der Waals surface area contributed by atoms with E-state index < -0.39 is 15.9 Å². The lowest BCUT2D eigenvalue weighted by atomic mass is 10.2. The molecule has 8 nitrogen and oxygen atoms in total. The van der Waals surface area contributed by atoms with Gasteiger partial charge in [-0.15, -0.1) is 0 Å². The van der Waals surface area contributed by atoms with Crippen molar-refractivity contribution < 1.29 is 22.5 Å². The third-order valence-corrected chi connectivity index (χ3v) is 5.88. The minimum Gasteiger partial charge on any atom is -0.496 e. The Morgan fingerprint density at radius 2 is 2.00 bits per heavy atom. The molecule has 1 N–H and O–H groups in total. The molecule has 0 spiro atoms. The predicted octanol–water partition coefficient (Wildman–Crippen LogP) is 2.03.